The number of benzene rings is 2. The molecule has 0 heterocycles. The number of para-hydroxylation sites is 1. The molecule has 0 radical (unpaired) electrons. The molecule has 0 unspecified atom stereocenters. The highest BCUT2D eigenvalue weighted by atomic mass is 32.2. The van der Waals surface area contributed by atoms with E-state index in [1.165, 1.54) is 6.92 Å². The van der Waals surface area contributed by atoms with Crippen molar-refractivity contribution >= 4 is 35.2 Å². The van der Waals surface area contributed by atoms with Crippen LogP contribution in [0.4, 0.5) is 5.69 Å². The maximum absolute atomic E-state index is 12.6. The average molecular weight is 415 g/mol. The molecule has 2 aromatic rings. The van der Waals surface area contributed by atoms with Crippen LogP contribution in [0, 0.1) is 6.92 Å². The molecule has 154 valence electrons. The van der Waals surface area contributed by atoms with Gasteiger partial charge in [0, 0.05) is 11.3 Å². The van der Waals surface area contributed by atoms with Gasteiger partial charge < -0.3 is 15.4 Å². The summed E-state index contributed by atoms with van der Waals surface area (Å²) in [7, 11) is 0. The van der Waals surface area contributed by atoms with E-state index in [0.717, 1.165) is 5.56 Å². The van der Waals surface area contributed by atoms with Crippen molar-refractivity contribution < 1.29 is 19.1 Å². The zero-order chi connectivity index (χ0) is 21.2. The van der Waals surface area contributed by atoms with Gasteiger partial charge in [0.05, 0.1) is 0 Å². The smallest absolute Gasteiger partial charge is 0.329 e. The second kappa shape index (κ2) is 11.3. The van der Waals surface area contributed by atoms with Crippen LogP contribution < -0.4 is 10.6 Å². The Morgan fingerprint density at radius 1 is 1.07 bits per heavy atom. The fraction of sp³-hybridized carbons (Fsp3) is 0.318. The fourth-order valence-electron chi connectivity index (χ4n) is 2.59. The van der Waals surface area contributed by atoms with Crippen molar-refractivity contribution in [1.82, 2.24) is 5.32 Å². The molecule has 0 saturated heterocycles. The Kier molecular flexibility index (Phi) is 8.73. The summed E-state index contributed by atoms with van der Waals surface area (Å²) < 4.78 is 5.33. The van der Waals surface area contributed by atoms with Gasteiger partial charge in [-0.2, -0.15) is 11.8 Å². The van der Waals surface area contributed by atoms with Crippen LogP contribution in [0.15, 0.2) is 54.6 Å². The predicted molar refractivity (Wildman–Crippen MR) is 116 cm³/mol. The van der Waals surface area contributed by atoms with E-state index >= 15 is 0 Å². The molecule has 7 heteroatoms. The molecule has 0 aliphatic rings. The number of carbonyl (C=O) groups is 3. The topological polar surface area (TPSA) is 84.5 Å². The normalized spacial score (nSPS) is 12.5. The van der Waals surface area contributed by atoms with Gasteiger partial charge in [0.25, 0.3) is 11.8 Å². The minimum absolute atomic E-state index is 0.349. The number of anilines is 1. The van der Waals surface area contributed by atoms with Gasteiger partial charge in [0.15, 0.2) is 6.10 Å². The van der Waals surface area contributed by atoms with Crippen LogP contribution in [0.2, 0.25) is 0 Å². The number of hydrogen-bond acceptors (Lipinski definition) is 5. The highest BCUT2D eigenvalue weighted by Gasteiger charge is 2.26. The van der Waals surface area contributed by atoms with Crippen molar-refractivity contribution in [2.45, 2.75) is 32.4 Å². The largest absolute Gasteiger partial charge is 0.451 e. The summed E-state index contributed by atoms with van der Waals surface area (Å²) in [6, 6.07) is 15.2. The standard InChI is InChI=1S/C22H26N2O4S/c1-15-8-7-9-17(14-15)21(26)24-19(12-13-29-3)22(27)28-16(2)20(25)23-18-10-5-4-6-11-18/h4-11,14,16,19H,12-13H2,1-3H3,(H,23,25)(H,24,26)/t16-,19+/m1/s1. The lowest BCUT2D eigenvalue weighted by atomic mass is 10.1. The van der Waals surface area contributed by atoms with Gasteiger partial charge >= 0.3 is 5.97 Å². The molecule has 2 amide bonds. The Morgan fingerprint density at radius 2 is 1.79 bits per heavy atom. The van der Waals surface area contributed by atoms with Gasteiger partial charge in [-0.3, -0.25) is 9.59 Å². The van der Waals surface area contributed by atoms with Gasteiger partial charge in [-0.25, -0.2) is 4.79 Å². The lowest BCUT2D eigenvalue weighted by molar-refractivity contribution is -0.155. The Morgan fingerprint density at radius 3 is 2.45 bits per heavy atom. The van der Waals surface area contributed by atoms with Crippen LogP contribution in [0.1, 0.15) is 29.3 Å². The van der Waals surface area contributed by atoms with Gasteiger partial charge in [-0.1, -0.05) is 35.9 Å². The lowest BCUT2D eigenvalue weighted by Gasteiger charge is -2.20. The first-order chi connectivity index (χ1) is 13.9. The summed E-state index contributed by atoms with van der Waals surface area (Å²) in [4.78, 5) is 37.4. The van der Waals surface area contributed by atoms with Gasteiger partial charge in [-0.05, 0) is 56.5 Å². The molecule has 2 aromatic carbocycles. The number of rotatable bonds is 9. The van der Waals surface area contributed by atoms with Crippen molar-refractivity contribution in [1.29, 1.82) is 0 Å². The second-order valence-electron chi connectivity index (χ2n) is 6.61. The molecular formula is C22H26N2O4S. The van der Waals surface area contributed by atoms with Crippen molar-refractivity contribution in [3.8, 4) is 0 Å². The van der Waals surface area contributed by atoms with E-state index in [4.69, 9.17) is 4.74 Å². The van der Waals surface area contributed by atoms with Crippen molar-refractivity contribution in [2.24, 2.45) is 0 Å². The highest BCUT2D eigenvalue weighted by molar-refractivity contribution is 7.98. The molecule has 6 nitrogen and oxygen atoms in total. The molecule has 0 fully saturated rings. The molecule has 0 aliphatic carbocycles. The molecular weight excluding hydrogens is 388 g/mol. The van der Waals surface area contributed by atoms with Crippen molar-refractivity contribution in [3.63, 3.8) is 0 Å². The predicted octanol–water partition coefficient (Wildman–Crippen LogP) is 3.42. The van der Waals surface area contributed by atoms with E-state index < -0.39 is 24.0 Å². The summed E-state index contributed by atoms with van der Waals surface area (Å²) >= 11 is 1.56. The molecule has 2 rings (SSSR count). The van der Waals surface area contributed by atoms with E-state index in [1.807, 2.05) is 25.3 Å². The van der Waals surface area contributed by atoms with Gasteiger partial charge in [0.1, 0.15) is 6.04 Å². The Bertz CT molecular complexity index is 842. The van der Waals surface area contributed by atoms with Crippen LogP contribution in [0.3, 0.4) is 0 Å². The van der Waals surface area contributed by atoms with Crippen LogP contribution in [0.5, 0.6) is 0 Å². The Labute approximate surface area is 175 Å². The van der Waals surface area contributed by atoms with Crippen LogP contribution in [-0.2, 0) is 14.3 Å². The maximum atomic E-state index is 12.6. The van der Waals surface area contributed by atoms with E-state index in [-0.39, 0.29) is 5.91 Å². The molecule has 0 aliphatic heterocycles. The summed E-state index contributed by atoms with van der Waals surface area (Å²) in [6.45, 7) is 3.40. The summed E-state index contributed by atoms with van der Waals surface area (Å²) in [5.74, 6) is -0.745. The average Bonchev–Trinajstić information content (AvgIpc) is 2.71. The molecule has 2 atom stereocenters. The minimum Gasteiger partial charge on any atom is -0.451 e. The monoisotopic (exact) mass is 414 g/mol. The SMILES string of the molecule is CSCC[C@H](NC(=O)c1cccc(C)c1)C(=O)O[C@H](C)C(=O)Nc1ccccc1. The highest BCUT2D eigenvalue weighted by Crippen LogP contribution is 2.10. The second-order valence-corrected chi connectivity index (χ2v) is 7.60. The first kappa shape index (κ1) is 22.5. The van der Waals surface area contributed by atoms with Crippen LogP contribution in [0.25, 0.3) is 0 Å². The Balaban J connectivity index is 1.99. The van der Waals surface area contributed by atoms with Crippen LogP contribution in [-0.4, -0.2) is 41.9 Å². The van der Waals surface area contributed by atoms with Crippen molar-refractivity contribution in [2.75, 3.05) is 17.3 Å². The number of ether oxygens (including phenoxy) is 1. The Hall–Kier alpha value is -2.80. The summed E-state index contributed by atoms with van der Waals surface area (Å²) in [5, 5.41) is 5.42. The van der Waals surface area contributed by atoms with Crippen LogP contribution >= 0.6 is 11.8 Å². The lowest BCUT2D eigenvalue weighted by Crippen LogP contribution is -2.44. The number of hydrogen-bond donors (Lipinski definition) is 2. The molecule has 29 heavy (non-hydrogen) atoms. The quantitative estimate of drug-likeness (QED) is 0.614. The van der Waals surface area contributed by atoms with Crippen molar-refractivity contribution in [3.05, 3.63) is 65.7 Å². The molecule has 2 N–H and O–H groups in total. The third-order valence-corrected chi connectivity index (χ3v) is 4.83. The van der Waals surface area contributed by atoms with E-state index in [0.29, 0.717) is 23.4 Å². The van der Waals surface area contributed by atoms with E-state index in [2.05, 4.69) is 10.6 Å². The molecule has 0 spiro atoms. The fourth-order valence-corrected chi connectivity index (χ4v) is 3.06. The summed E-state index contributed by atoms with van der Waals surface area (Å²) in [6.07, 6.45) is 1.33. The zero-order valence-corrected chi connectivity index (χ0v) is 17.6. The molecule has 0 aromatic heterocycles. The molecule has 0 bridgehead atoms. The minimum atomic E-state index is -0.990. The molecule has 0 saturated carbocycles. The van der Waals surface area contributed by atoms with Gasteiger partial charge in [-0.15, -0.1) is 0 Å². The number of aryl methyl sites for hydroxylation is 1. The summed E-state index contributed by atoms with van der Waals surface area (Å²) in [5.41, 5.74) is 2.04. The van der Waals surface area contributed by atoms with E-state index in [9.17, 15) is 14.4 Å². The number of nitrogens with one attached hydrogen (secondary N) is 2. The number of amides is 2. The maximum Gasteiger partial charge on any atom is 0.329 e. The number of esters is 1. The van der Waals surface area contributed by atoms with Gasteiger partial charge in [0.2, 0.25) is 0 Å². The number of thioether (sulfide) groups is 1. The first-order valence-corrected chi connectivity index (χ1v) is 10.7. The first-order valence-electron chi connectivity index (χ1n) is 9.33. The third-order valence-electron chi connectivity index (χ3n) is 4.18. The van der Waals surface area contributed by atoms with E-state index in [1.54, 1.807) is 54.2 Å². The number of carbonyl (C=O) groups excluding carboxylic acids is 3. The third kappa shape index (κ3) is 7.27. The zero-order valence-electron chi connectivity index (χ0n) is 16.8.